The molecule has 5 rings (SSSR count). The van der Waals surface area contributed by atoms with Crippen LogP contribution in [0.2, 0.25) is 5.02 Å². The smallest absolute Gasteiger partial charge is 0.293 e. The van der Waals surface area contributed by atoms with E-state index in [4.69, 9.17) is 33.2 Å². The van der Waals surface area contributed by atoms with E-state index in [1.165, 1.54) is 0 Å². The average molecular weight is 490 g/mol. The molecule has 33 heavy (non-hydrogen) atoms. The Balaban J connectivity index is 1.31. The summed E-state index contributed by atoms with van der Waals surface area (Å²) in [6.07, 6.45) is 0. The first-order valence-electron chi connectivity index (χ1n) is 10.00. The second kappa shape index (κ2) is 9.15. The summed E-state index contributed by atoms with van der Waals surface area (Å²) in [5.74, 6) is 0.245. The number of nitrogens with zero attached hydrogens (tertiary/aromatic N) is 1. The van der Waals surface area contributed by atoms with Gasteiger partial charge >= 0.3 is 0 Å². The standard InChI is InChI=1S/C25H16ClN3O2S2/c26-16-7-5-6-15(14-16)20-12-13-21(31-20)23(30)29-25(32)28-18-9-2-1-8-17(18)24-27-19-10-3-4-11-22(19)33-24/h1-14H,(H2,28,29,30,32). The van der Waals surface area contributed by atoms with Crippen molar-refractivity contribution < 1.29 is 9.21 Å². The summed E-state index contributed by atoms with van der Waals surface area (Å²) in [5, 5.41) is 7.40. The number of halogens is 1. The van der Waals surface area contributed by atoms with Crippen LogP contribution in [0, 0.1) is 0 Å². The van der Waals surface area contributed by atoms with Crippen LogP contribution in [0.15, 0.2) is 89.3 Å². The number of amides is 1. The van der Waals surface area contributed by atoms with Crippen molar-refractivity contribution in [3.05, 3.63) is 95.7 Å². The van der Waals surface area contributed by atoms with E-state index >= 15 is 0 Å². The minimum atomic E-state index is -0.446. The lowest BCUT2D eigenvalue weighted by Gasteiger charge is -2.11. The average Bonchev–Trinajstić information content (AvgIpc) is 3.47. The van der Waals surface area contributed by atoms with Crippen molar-refractivity contribution in [3.8, 4) is 21.9 Å². The molecule has 5 nitrogen and oxygen atoms in total. The summed E-state index contributed by atoms with van der Waals surface area (Å²) in [6.45, 7) is 0. The van der Waals surface area contributed by atoms with Crippen LogP contribution in [-0.2, 0) is 0 Å². The van der Waals surface area contributed by atoms with Crippen molar-refractivity contribution in [1.82, 2.24) is 10.3 Å². The van der Waals surface area contributed by atoms with Crippen molar-refractivity contribution in [2.45, 2.75) is 0 Å². The molecule has 1 amide bonds. The van der Waals surface area contributed by atoms with Crippen molar-refractivity contribution in [2.24, 2.45) is 0 Å². The Morgan fingerprint density at radius 2 is 1.79 bits per heavy atom. The molecule has 8 heteroatoms. The molecule has 0 radical (unpaired) electrons. The van der Waals surface area contributed by atoms with E-state index in [1.54, 1.807) is 35.6 Å². The molecule has 0 aliphatic carbocycles. The number of thiazole rings is 1. The van der Waals surface area contributed by atoms with Gasteiger partial charge in [-0.05, 0) is 60.7 Å². The fourth-order valence-corrected chi connectivity index (χ4v) is 4.74. The number of fused-ring (bicyclic) bond motifs is 1. The molecular formula is C25H16ClN3O2S2. The van der Waals surface area contributed by atoms with Crippen molar-refractivity contribution in [1.29, 1.82) is 0 Å². The van der Waals surface area contributed by atoms with Crippen LogP contribution < -0.4 is 10.6 Å². The first kappa shape index (κ1) is 21.3. The summed E-state index contributed by atoms with van der Waals surface area (Å²) in [4.78, 5) is 17.4. The zero-order chi connectivity index (χ0) is 22.8. The largest absolute Gasteiger partial charge is 0.451 e. The zero-order valence-electron chi connectivity index (χ0n) is 17.0. The lowest BCUT2D eigenvalue weighted by atomic mass is 10.2. The topological polar surface area (TPSA) is 67.2 Å². The van der Waals surface area contributed by atoms with Gasteiger partial charge in [0.25, 0.3) is 5.91 Å². The number of furan rings is 1. The second-order valence-electron chi connectivity index (χ2n) is 7.11. The highest BCUT2D eigenvalue weighted by Gasteiger charge is 2.16. The molecule has 0 saturated heterocycles. The zero-order valence-corrected chi connectivity index (χ0v) is 19.4. The van der Waals surface area contributed by atoms with E-state index in [1.807, 2.05) is 60.7 Å². The molecule has 2 heterocycles. The number of thiocarbonyl (C=S) groups is 1. The molecule has 162 valence electrons. The van der Waals surface area contributed by atoms with Gasteiger partial charge in [0.1, 0.15) is 10.8 Å². The van der Waals surface area contributed by atoms with Crippen molar-refractivity contribution in [2.75, 3.05) is 5.32 Å². The maximum atomic E-state index is 12.7. The molecule has 3 aromatic carbocycles. The number of para-hydroxylation sites is 2. The number of rotatable bonds is 4. The highest BCUT2D eigenvalue weighted by atomic mass is 35.5. The summed E-state index contributed by atoms with van der Waals surface area (Å²) >= 11 is 13.0. The SMILES string of the molecule is O=C(NC(=S)Nc1ccccc1-c1nc2ccccc2s1)c1ccc(-c2cccc(Cl)c2)o1. The fraction of sp³-hybridized carbons (Fsp3) is 0. The summed E-state index contributed by atoms with van der Waals surface area (Å²) in [5.41, 5.74) is 3.38. The Hall–Kier alpha value is -3.52. The maximum absolute atomic E-state index is 12.7. The third-order valence-corrected chi connectivity index (χ3v) is 6.37. The molecular weight excluding hydrogens is 474 g/mol. The van der Waals surface area contributed by atoms with Crippen molar-refractivity contribution in [3.63, 3.8) is 0 Å². The van der Waals surface area contributed by atoms with Crippen LogP contribution in [0.3, 0.4) is 0 Å². The normalized spacial score (nSPS) is 10.8. The van der Waals surface area contributed by atoms with Crippen molar-refractivity contribution >= 4 is 62.1 Å². The summed E-state index contributed by atoms with van der Waals surface area (Å²) in [7, 11) is 0. The molecule has 0 aliphatic heterocycles. The van der Waals surface area contributed by atoms with E-state index in [-0.39, 0.29) is 10.9 Å². The van der Waals surface area contributed by atoms with Gasteiger partial charge in [0, 0.05) is 16.1 Å². The summed E-state index contributed by atoms with van der Waals surface area (Å²) in [6, 6.07) is 26.2. The Morgan fingerprint density at radius 3 is 2.64 bits per heavy atom. The van der Waals surface area contributed by atoms with Gasteiger partial charge < -0.3 is 9.73 Å². The molecule has 0 bridgehead atoms. The monoisotopic (exact) mass is 489 g/mol. The molecule has 0 unspecified atom stereocenters. The van der Waals surface area contributed by atoms with Gasteiger partial charge in [-0.25, -0.2) is 4.98 Å². The summed E-state index contributed by atoms with van der Waals surface area (Å²) < 4.78 is 6.80. The Bertz CT molecular complexity index is 1460. The molecule has 2 aromatic heterocycles. The van der Waals surface area contributed by atoms with E-state index in [9.17, 15) is 4.79 Å². The number of benzene rings is 3. The molecule has 0 atom stereocenters. The number of nitrogens with one attached hydrogen (secondary N) is 2. The number of hydrogen-bond donors (Lipinski definition) is 2. The van der Waals surface area contributed by atoms with Gasteiger partial charge in [0.15, 0.2) is 10.9 Å². The molecule has 0 saturated carbocycles. The van der Waals surface area contributed by atoms with Crippen LogP contribution in [0.5, 0.6) is 0 Å². The van der Waals surface area contributed by atoms with E-state index in [0.717, 1.165) is 32.0 Å². The predicted octanol–water partition coefficient (Wildman–Crippen LogP) is 7.00. The van der Waals surface area contributed by atoms with Gasteiger partial charge in [-0.2, -0.15) is 0 Å². The number of anilines is 1. The fourth-order valence-electron chi connectivity index (χ4n) is 3.34. The quantitative estimate of drug-likeness (QED) is 0.266. The van der Waals surface area contributed by atoms with Crippen LogP contribution in [0.1, 0.15) is 10.6 Å². The van der Waals surface area contributed by atoms with E-state index in [2.05, 4.69) is 10.6 Å². The first-order chi connectivity index (χ1) is 16.1. The minimum Gasteiger partial charge on any atom is -0.451 e. The van der Waals surface area contributed by atoms with E-state index < -0.39 is 5.91 Å². The molecule has 0 spiro atoms. The van der Waals surface area contributed by atoms with Gasteiger partial charge in [-0.3, -0.25) is 10.1 Å². The number of carbonyl (C=O) groups is 1. The number of carbonyl (C=O) groups excluding carboxylic acids is 1. The molecule has 0 aliphatic rings. The second-order valence-corrected chi connectivity index (χ2v) is 8.99. The third kappa shape index (κ3) is 4.66. The first-order valence-corrected chi connectivity index (χ1v) is 11.6. The molecule has 0 fully saturated rings. The predicted molar refractivity (Wildman–Crippen MR) is 138 cm³/mol. The highest BCUT2D eigenvalue weighted by molar-refractivity contribution is 7.80. The third-order valence-electron chi connectivity index (χ3n) is 4.87. The molecule has 2 N–H and O–H groups in total. The van der Waals surface area contributed by atoms with Gasteiger partial charge in [0.05, 0.1) is 15.9 Å². The number of hydrogen-bond acceptors (Lipinski definition) is 5. The Labute approximate surface area is 204 Å². The van der Waals surface area contributed by atoms with Gasteiger partial charge in [-0.15, -0.1) is 11.3 Å². The van der Waals surface area contributed by atoms with Crippen LogP contribution in [0.25, 0.3) is 32.1 Å². The molecule has 5 aromatic rings. The van der Waals surface area contributed by atoms with Crippen LogP contribution >= 0.6 is 35.2 Å². The van der Waals surface area contributed by atoms with Gasteiger partial charge in [0.2, 0.25) is 0 Å². The Morgan fingerprint density at radius 1 is 0.970 bits per heavy atom. The van der Waals surface area contributed by atoms with Crippen LogP contribution in [-0.4, -0.2) is 16.0 Å². The lowest BCUT2D eigenvalue weighted by molar-refractivity contribution is 0.0951. The van der Waals surface area contributed by atoms with Gasteiger partial charge in [-0.1, -0.05) is 48.0 Å². The minimum absolute atomic E-state index is 0.147. The van der Waals surface area contributed by atoms with Crippen LogP contribution in [0.4, 0.5) is 5.69 Å². The number of aromatic nitrogens is 1. The van der Waals surface area contributed by atoms with E-state index in [0.29, 0.717) is 10.8 Å². The Kier molecular flexibility index (Phi) is 5.92. The maximum Gasteiger partial charge on any atom is 0.293 e. The highest BCUT2D eigenvalue weighted by Crippen LogP contribution is 2.34. The lowest BCUT2D eigenvalue weighted by Crippen LogP contribution is -2.34.